The Hall–Kier alpha value is -2.10. The fourth-order valence-corrected chi connectivity index (χ4v) is 4.25. The van der Waals surface area contributed by atoms with Gasteiger partial charge in [0.1, 0.15) is 0 Å². The van der Waals surface area contributed by atoms with Gasteiger partial charge in [-0.1, -0.05) is 111 Å². The van der Waals surface area contributed by atoms with E-state index in [1.807, 2.05) is 12.4 Å². The smallest absolute Gasteiger partial charge is 0.225 e. The molecule has 190 valence electrons. The second kappa shape index (κ2) is 15.7. The Morgan fingerprint density at radius 3 is 1.59 bits per heavy atom. The highest BCUT2D eigenvalue weighted by molar-refractivity contribution is 5.59. The maximum atomic E-state index is 4.74. The summed E-state index contributed by atoms with van der Waals surface area (Å²) in [6.07, 6.45) is 19.6. The number of hydrogen-bond acceptors (Lipinski definition) is 4. The number of nitrogens with zero attached hydrogens (tertiary/aromatic N) is 3. The van der Waals surface area contributed by atoms with E-state index in [-0.39, 0.29) is 5.41 Å². The molecule has 1 heterocycles. The Kier molecular flexibility index (Phi) is 13.0. The molecule has 0 unspecified atom stereocenters. The van der Waals surface area contributed by atoms with E-state index in [0.717, 1.165) is 30.4 Å². The summed E-state index contributed by atoms with van der Waals surface area (Å²) in [5.41, 5.74) is 3.51. The molecule has 2 rings (SSSR count). The average molecular weight is 467 g/mol. The fraction of sp³-hybridized carbons (Fsp3) is 0.667. The Bertz CT molecular complexity index is 746. The maximum Gasteiger partial charge on any atom is 0.225 e. The second-order valence-corrected chi connectivity index (χ2v) is 10.7. The first-order chi connectivity index (χ1) is 16.4. The first-order valence-electron chi connectivity index (χ1n) is 13.9. The van der Waals surface area contributed by atoms with Crippen molar-refractivity contribution in [1.29, 1.82) is 0 Å². The second-order valence-electron chi connectivity index (χ2n) is 10.7. The predicted molar refractivity (Wildman–Crippen MR) is 149 cm³/mol. The molecular weight excluding hydrogens is 416 g/mol. The standard InChI is InChI=1S/C30H50N4/c1-6-8-10-12-14-16-22-34(23-17-15-13-11-9-7-2)29-31-24-28(25-32-29)33-27-20-18-26(19-21-27)30(3,4)5/h18-21,24-25,33H,6-17,22-23H2,1-5H3. The summed E-state index contributed by atoms with van der Waals surface area (Å²) in [6.45, 7) is 13.4. The van der Waals surface area contributed by atoms with Gasteiger partial charge in [-0.3, -0.25) is 0 Å². The highest BCUT2D eigenvalue weighted by Gasteiger charge is 2.13. The molecule has 4 heteroatoms. The van der Waals surface area contributed by atoms with Gasteiger partial charge >= 0.3 is 0 Å². The monoisotopic (exact) mass is 466 g/mol. The average Bonchev–Trinajstić information content (AvgIpc) is 2.82. The van der Waals surface area contributed by atoms with Crippen LogP contribution in [0.5, 0.6) is 0 Å². The molecule has 0 bridgehead atoms. The van der Waals surface area contributed by atoms with Gasteiger partial charge in [0.2, 0.25) is 5.95 Å². The molecule has 0 fully saturated rings. The number of nitrogens with one attached hydrogen (secondary N) is 1. The number of unbranched alkanes of at least 4 members (excludes halogenated alkanes) is 10. The van der Waals surface area contributed by atoms with Crippen molar-refractivity contribution in [3.8, 4) is 0 Å². The maximum absolute atomic E-state index is 4.74. The van der Waals surface area contributed by atoms with Crippen LogP contribution in [-0.2, 0) is 5.41 Å². The number of hydrogen-bond donors (Lipinski definition) is 1. The Balaban J connectivity index is 1.92. The SMILES string of the molecule is CCCCCCCCN(CCCCCCCC)c1ncc(Nc2ccc(C(C)(C)C)cc2)cn1. The Labute approximate surface area is 210 Å². The molecule has 0 aliphatic heterocycles. The van der Waals surface area contributed by atoms with Crippen LogP contribution in [0.2, 0.25) is 0 Å². The van der Waals surface area contributed by atoms with Gasteiger partial charge in [0.25, 0.3) is 0 Å². The predicted octanol–water partition coefficient (Wildman–Crippen LogP) is 9.05. The van der Waals surface area contributed by atoms with Crippen LogP contribution in [0.25, 0.3) is 0 Å². The summed E-state index contributed by atoms with van der Waals surface area (Å²) < 4.78 is 0. The van der Waals surface area contributed by atoms with E-state index >= 15 is 0 Å². The lowest BCUT2D eigenvalue weighted by atomic mass is 9.87. The first-order valence-corrected chi connectivity index (χ1v) is 13.9. The van der Waals surface area contributed by atoms with E-state index in [1.165, 1.54) is 82.6 Å². The zero-order chi connectivity index (χ0) is 24.7. The zero-order valence-electron chi connectivity index (χ0n) is 22.7. The van der Waals surface area contributed by atoms with Crippen molar-refractivity contribution in [2.45, 2.75) is 117 Å². The van der Waals surface area contributed by atoms with E-state index in [9.17, 15) is 0 Å². The summed E-state index contributed by atoms with van der Waals surface area (Å²) >= 11 is 0. The van der Waals surface area contributed by atoms with Crippen LogP contribution in [0.4, 0.5) is 17.3 Å². The van der Waals surface area contributed by atoms with Crippen molar-refractivity contribution < 1.29 is 0 Å². The van der Waals surface area contributed by atoms with Crippen molar-refractivity contribution in [2.75, 3.05) is 23.3 Å². The van der Waals surface area contributed by atoms with Gasteiger partial charge in [-0.15, -0.1) is 0 Å². The van der Waals surface area contributed by atoms with E-state index in [0.29, 0.717) is 0 Å². The van der Waals surface area contributed by atoms with Crippen molar-refractivity contribution in [3.63, 3.8) is 0 Å². The van der Waals surface area contributed by atoms with E-state index in [2.05, 4.69) is 69.1 Å². The molecule has 1 aromatic heterocycles. The zero-order valence-corrected chi connectivity index (χ0v) is 22.7. The van der Waals surface area contributed by atoms with Crippen molar-refractivity contribution >= 4 is 17.3 Å². The summed E-state index contributed by atoms with van der Waals surface area (Å²) in [5.74, 6) is 0.871. The van der Waals surface area contributed by atoms with Gasteiger partial charge in [0.15, 0.2) is 0 Å². The largest absolute Gasteiger partial charge is 0.353 e. The molecule has 2 aromatic rings. The summed E-state index contributed by atoms with van der Waals surface area (Å²) in [4.78, 5) is 11.9. The van der Waals surface area contributed by atoms with E-state index in [4.69, 9.17) is 9.97 Å². The minimum absolute atomic E-state index is 0.165. The molecule has 0 radical (unpaired) electrons. The summed E-state index contributed by atoms with van der Waals surface area (Å²) in [6, 6.07) is 8.66. The van der Waals surface area contributed by atoms with E-state index < -0.39 is 0 Å². The highest BCUT2D eigenvalue weighted by Crippen LogP contribution is 2.25. The van der Waals surface area contributed by atoms with Gasteiger partial charge in [0.05, 0.1) is 18.1 Å². The van der Waals surface area contributed by atoms with Crippen molar-refractivity contribution in [1.82, 2.24) is 9.97 Å². The van der Waals surface area contributed by atoms with Crippen LogP contribution in [0.3, 0.4) is 0 Å². The van der Waals surface area contributed by atoms with E-state index in [1.54, 1.807) is 0 Å². The van der Waals surface area contributed by atoms with Crippen molar-refractivity contribution in [3.05, 3.63) is 42.2 Å². The first kappa shape index (κ1) is 28.1. The lowest BCUT2D eigenvalue weighted by molar-refractivity contribution is 0.570. The van der Waals surface area contributed by atoms with Gasteiger partial charge in [-0.25, -0.2) is 9.97 Å². The summed E-state index contributed by atoms with van der Waals surface area (Å²) in [7, 11) is 0. The third-order valence-corrected chi connectivity index (χ3v) is 6.52. The molecule has 0 saturated carbocycles. The molecule has 0 spiro atoms. The number of benzene rings is 1. The third-order valence-electron chi connectivity index (χ3n) is 6.52. The molecule has 0 aliphatic rings. The quantitative estimate of drug-likeness (QED) is 0.236. The molecular formula is C30H50N4. The van der Waals surface area contributed by atoms with Crippen molar-refractivity contribution in [2.24, 2.45) is 0 Å². The number of anilines is 3. The highest BCUT2D eigenvalue weighted by atomic mass is 15.2. The van der Waals surface area contributed by atoms with Gasteiger partial charge < -0.3 is 10.2 Å². The van der Waals surface area contributed by atoms with Gasteiger partial charge in [0, 0.05) is 18.8 Å². The lowest BCUT2D eigenvalue weighted by Crippen LogP contribution is -2.27. The molecule has 1 N–H and O–H groups in total. The molecule has 1 aromatic carbocycles. The molecule has 4 nitrogen and oxygen atoms in total. The van der Waals surface area contributed by atoms with Crippen LogP contribution < -0.4 is 10.2 Å². The topological polar surface area (TPSA) is 41.1 Å². The summed E-state index contributed by atoms with van der Waals surface area (Å²) in [5, 5.41) is 3.45. The minimum Gasteiger partial charge on any atom is -0.353 e. The fourth-order valence-electron chi connectivity index (χ4n) is 4.25. The lowest BCUT2D eigenvalue weighted by Gasteiger charge is -2.23. The molecule has 0 amide bonds. The van der Waals surface area contributed by atoms with Gasteiger partial charge in [-0.05, 0) is 36.0 Å². The molecule has 0 atom stereocenters. The number of aromatic nitrogens is 2. The third kappa shape index (κ3) is 10.9. The normalized spacial score (nSPS) is 11.6. The van der Waals surface area contributed by atoms with Crippen LogP contribution >= 0.6 is 0 Å². The van der Waals surface area contributed by atoms with Crippen LogP contribution in [0, 0.1) is 0 Å². The van der Waals surface area contributed by atoms with Crippen LogP contribution in [0.1, 0.15) is 117 Å². The molecule has 34 heavy (non-hydrogen) atoms. The van der Waals surface area contributed by atoms with Crippen LogP contribution in [0.15, 0.2) is 36.7 Å². The minimum atomic E-state index is 0.165. The Morgan fingerprint density at radius 1 is 0.647 bits per heavy atom. The molecule has 0 aliphatic carbocycles. The Morgan fingerprint density at radius 2 is 1.12 bits per heavy atom. The number of rotatable bonds is 17. The van der Waals surface area contributed by atoms with Gasteiger partial charge in [-0.2, -0.15) is 0 Å². The molecule has 0 saturated heterocycles. The van der Waals surface area contributed by atoms with Crippen LogP contribution in [-0.4, -0.2) is 23.1 Å².